The van der Waals surface area contributed by atoms with Gasteiger partial charge < -0.3 is 10.1 Å². The molecule has 0 radical (unpaired) electrons. The van der Waals surface area contributed by atoms with Gasteiger partial charge in [-0.05, 0) is 42.3 Å². The summed E-state index contributed by atoms with van der Waals surface area (Å²) in [7, 11) is 0. The monoisotopic (exact) mass is 295 g/mol. The maximum absolute atomic E-state index is 12.8. The standard InChI is InChI=1S/C16H16F3NO/c1-11(13-4-6-14(17)7-5-13)20-10-12-2-8-15(9-3-12)21-16(18)19/h2-9,11,16,20H,10H2,1H3/t11-/m0/s1. The molecule has 112 valence electrons. The van der Waals surface area contributed by atoms with E-state index in [-0.39, 0.29) is 17.6 Å². The van der Waals surface area contributed by atoms with Gasteiger partial charge in [0.1, 0.15) is 11.6 Å². The van der Waals surface area contributed by atoms with Crippen molar-refractivity contribution >= 4 is 0 Å². The lowest BCUT2D eigenvalue weighted by Crippen LogP contribution is -2.18. The van der Waals surface area contributed by atoms with Crippen LogP contribution in [0, 0.1) is 5.82 Å². The van der Waals surface area contributed by atoms with E-state index < -0.39 is 6.61 Å². The molecule has 0 saturated heterocycles. The van der Waals surface area contributed by atoms with Crippen LogP contribution in [0.5, 0.6) is 5.75 Å². The summed E-state index contributed by atoms with van der Waals surface area (Å²) in [6, 6.07) is 12.8. The normalized spacial score (nSPS) is 12.4. The number of halogens is 3. The first-order chi connectivity index (χ1) is 10.0. The smallest absolute Gasteiger partial charge is 0.387 e. The predicted octanol–water partition coefficient (Wildman–Crippen LogP) is 4.28. The molecule has 0 aliphatic heterocycles. The average Bonchev–Trinajstić information content (AvgIpc) is 2.46. The Kier molecular flexibility index (Phi) is 5.22. The Hall–Kier alpha value is -2.01. The molecule has 0 amide bonds. The van der Waals surface area contributed by atoms with Gasteiger partial charge in [0.25, 0.3) is 0 Å². The van der Waals surface area contributed by atoms with Gasteiger partial charge in [-0.2, -0.15) is 8.78 Å². The first kappa shape index (κ1) is 15.4. The Labute approximate surface area is 121 Å². The molecular formula is C16H16F3NO. The highest BCUT2D eigenvalue weighted by atomic mass is 19.3. The van der Waals surface area contributed by atoms with Crippen LogP contribution in [0.4, 0.5) is 13.2 Å². The minimum atomic E-state index is -2.81. The highest BCUT2D eigenvalue weighted by molar-refractivity contribution is 5.27. The summed E-state index contributed by atoms with van der Waals surface area (Å²) >= 11 is 0. The molecular weight excluding hydrogens is 279 g/mol. The summed E-state index contributed by atoms with van der Waals surface area (Å²) in [5, 5.41) is 3.28. The van der Waals surface area contributed by atoms with Crippen LogP contribution in [0.15, 0.2) is 48.5 Å². The van der Waals surface area contributed by atoms with E-state index in [4.69, 9.17) is 0 Å². The molecule has 2 nitrogen and oxygen atoms in total. The number of hydrogen-bond donors (Lipinski definition) is 1. The molecule has 1 N–H and O–H groups in total. The minimum absolute atomic E-state index is 0.0580. The quantitative estimate of drug-likeness (QED) is 0.859. The van der Waals surface area contributed by atoms with E-state index in [0.717, 1.165) is 11.1 Å². The summed E-state index contributed by atoms with van der Waals surface area (Å²) in [6.07, 6.45) is 0. The summed E-state index contributed by atoms with van der Waals surface area (Å²) in [5.74, 6) is -0.124. The van der Waals surface area contributed by atoms with Crippen molar-refractivity contribution in [3.05, 3.63) is 65.5 Å². The number of benzene rings is 2. The Bertz CT molecular complexity index is 555. The lowest BCUT2D eigenvalue weighted by atomic mass is 10.1. The van der Waals surface area contributed by atoms with E-state index >= 15 is 0 Å². The fourth-order valence-corrected chi connectivity index (χ4v) is 1.93. The Morgan fingerprint density at radius 2 is 1.62 bits per heavy atom. The largest absolute Gasteiger partial charge is 0.435 e. The third kappa shape index (κ3) is 4.79. The van der Waals surface area contributed by atoms with E-state index in [1.165, 1.54) is 24.3 Å². The zero-order valence-electron chi connectivity index (χ0n) is 11.5. The molecule has 2 aromatic rings. The van der Waals surface area contributed by atoms with Crippen LogP contribution in [0.3, 0.4) is 0 Å². The molecule has 0 saturated carbocycles. The number of hydrogen-bond acceptors (Lipinski definition) is 2. The van der Waals surface area contributed by atoms with Crippen LogP contribution in [0.1, 0.15) is 24.1 Å². The maximum Gasteiger partial charge on any atom is 0.387 e. The number of nitrogens with one attached hydrogen (secondary N) is 1. The van der Waals surface area contributed by atoms with Crippen molar-refractivity contribution in [2.75, 3.05) is 0 Å². The van der Waals surface area contributed by atoms with Crippen LogP contribution in [-0.2, 0) is 6.54 Å². The van der Waals surface area contributed by atoms with Crippen LogP contribution >= 0.6 is 0 Å². The molecule has 0 bridgehead atoms. The highest BCUT2D eigenvalue weighted by Gasteiger charge is 2.06. The van der Waals surface area contributed by atoms with Crippen molar-refractivity contribution in [3.8, 4) is 5.75 Å². The van der Waals surface area contributed by atoms with Crippen molar-refractivity contribution in [3.63, 3.8) is 0 Å². The molecule has 5 heteroatoms. The molecule has 0 aliphatic carbocycles. The Morgan fingerprint density at radius 1 is 1.00 bits per heavy atom. The van der Waals surface area contributed by atoms with E-state index in [9.17, 15) is 13.2 Å². The second-order valence-electron chi connectivity index (χ2n) is 4.68. The fraction of sp³-hybridized carbons (Fsp3) is 0.250. The molecule has 0 spiro atoms. The maximum atomic E-state index is 12.8. The molecule has 2 rings (SSSR count). The second kappa shape index (κ2) is 7.13. The van der Waals surface area contributed by atoms with E-state index in [2.05, 4.69) is 10.1 Å². The van der Waals surface area contributed by atoms with Gasteiger partial charge in [-0.25, -0.2) is 4.39 Å². The fourth-order valence-electron chi connectivity index (χ4n) is 1.93. The van der Waals surface area contributed by atoms with Crippen LogP contribution < -0.4 is 10.1 Å². The van der Waals surface area contributed by atoms with Crippen molar-refractivity contribution < 1.29 is 17.9 Å². The van der Waals surface area contributed by atoms with Gasteiger partial charge in [-0.15, -0.1) is 0 Å². The van der Waals surface area contributed by atoms with Gasteiger partial charge in [0, 0.05) is 12.6 Å². The summed E-state index contributed by atoms with van der Waals surface area (Å²) in [5.41, 5.74) is 1.93. The molecule has 0 aliphatic rings. The average molecular weight is 295 g/mol. The van der Waals surface area contributed by atoms with Gasteiger partial charge in [-0.3, -0.25) is 0 Å². The predicted molar refractivity (Wildman–Crippen MR) is 74.7 cm³/mol. The van der Waals surface area contributed by atoms with Crippen molar-refractivity contribution in [2.45, 2.75) is 26.1 Å². The molecule has 0 aromatic heterocycles. The number of rotatable bonds is 6. The van der Waals surface area contributed by atoms with Crippen LogP contribution in [0.2, 0.25) is 0 Å². The van der Waals surface area contributed by atoms with E-state index in [1.54, 1.807) is 24.3 Å². The van der Waals surface area contributed by atoms with Gasteiger partial charge in [-0.1, -0.05) is 24.3 Å². The van der Waals surface area contributed by atoms with Crippen molar-refractivity contribution in [1.82, 2.24) is 5.32 Å². The Morgan fingerprint density at radius 3 is 2.19 bits per heavy atom. The summed E-state index contributed by atoms with van der Waals surface area (Å²) in [4.78, 5) is 0. The lowest BCUT2D eigenvalue weighted by molar-refractivity contribution is -0.0498. The van der Waals surface area contributed by atoms with Gasteiger partial charge in [0.15, 0.2) is 0 Å². The summed E-state index contributed by atoms with van der Waals surface area (Å²) in [6.45, 7) is -0.262. The summed E-state index contributed by atoms with van der Waals surface area (Å²) < 4.78 is 41.2. The zero-order valence-corrected chi connectivity index (χ0v) is 11.5. The van der Waals surface area contributed by atoms with E-state index in [0.29, 0.717) is 6.54 Å². The van der Waals surface area contributed by atoms with Crippen molar-refractivity contribution in [2.24, 2.45) is 0 Å². The molecule has 1 atom stereocenters. The molecule has 2 aromatic carbocycles. The Balaban J connectivity index is 1.88. The second-order valence-corrected chi connectivity index (χ2v) is 4.68. The topological polar surface area (TPSA) is 21.3 Å². The highest BCUT2D eigenvalue weighted by Crippen LogP contribution is 2.17. The van der Waals surface area contributed by atoms with Crippen LogP contribution in [-0.4, -0.2) is 6.61 Å². The first-order valence-electron chi connectivity index (χ1n) is 6.57. The van der Waals surface area contributed by atoms with Gasteiger partial charge in [0.2, 0.25) is 0 Å². The number of alkyl halides is 2. The SMILES string of the molecule is C[C@H](NCc1ccc(OC(F)F)cc1)c1ccc(F)cc1. The third-order valence-electron chi connectivity index (χ3n) is 3.13. The third-order valence-corrected chi connectivity index (χ3v) is 3.13. The molecule has 0 heterocycles. The molecule has 0 unspecified atom stereocenters. The lowest BCUT2D eigenvalue weighted by Gasteiger charge is -2.14. The first-order valence-corrected chi connectivity index (χ1v) is 6.57. The molecule has 0 fully saturated rings. The zero-order chi connectivity index (χ0) is 15.2. The van der Waals surface area contributed by atoms with Gasteiger partial charge >= 0.3 is 6.61 Å². The van der Waals surface area contributed by atoms with E-state index in [1.807, 2.05) is 6.92 Å². The van der Waals surface area contributed by atoms with Crippen LogP contribution in [0.25, 0.3) is 0 Å². The minimum Gasteiger partial charge on any atom is -0.435 e. The van der Waals surface area contributed by atoms with Crippen molar-refractivity contribution in [1.29, 1.82) is 0 Å². The molecule has 21 heavy (non-hydrogen) atoms. The van der Waals surface area contributed by atoms with Gasteiger partial charge in [0.05, 0.1) is 0 Å². The number of ether oxygens (including phenoxy) is 1.